The summed E-state index contributed by atoms with van der Waals surface area (Å²) in [6.45, 7) is 9.40. The minimum Gasteiger partial charge on any atom is -0.393 e. The molecule has 0 radical (unpaired) electrons. The van der Waals surface area contributed by atoms with Gasteiger partial charge in [0.05, 0.1) is 6.10 Å². The van der Waals surface area contributed by atoms with E-state index in [2.05, 4.69) is 39.8 Å². The van der Waals surface area contributed by atoms with Crippen LogP contribution < -0.4 is 0 Å². The molecule has 2 nitrogen and oxygen atoms in total. The van der Waals surface area contributed by atoms with Crippen molar-refractivity contribution in [2.75, 3.05) is 0 Å². The molecule has 3 saturated carbocycles. The first-order valence-electron chi connectivity index (χ1n) is 10.4. The van der Waals surface area contributed by atoms with Crippen molar-refractivity contribution in [1.82, 2.24) is 0 Å². The third kappa shape index (κ3) is 2.29. The Morgan fingerprint density at radius 1 is 1.20 bits per heavy atom. The minimum absolute atomic E-state index is 0.164. The molecule has 25 heavy (non-hydrogen) atoms. The summed E-state index contributed by atoms with van der Waals surface area (Å²) in [6, 6.07) is 0. The molecule has 1 N–H and O–H groups in total. The lowest BCUT2D eigenvalue weighted by atomic mass is 9.48. The first kappa shape index (κ1) is 17.5. The van der Waals surface area contributed by atoms with Gasteiger partial charge in [-0.3, -0.25) is 0 Å². The molecule has 0 aliphatic heterocycles. The molecule has 2 heteroatoms. The Hall–Kier alpha value is -0.890. The average molecular weight is 343 g/mol. The van der Waals surface area contributed by atoms with Crippen LogP contribution in [0.4, 0.5) is 0 Å². The minimum atomic E-state index is -0.164. The van der Waals surface area contributed by atoms with E-state index in [0.717, 1.165) is 12.8 Å². The van der Waals surface area contributed by atoms with E-state index in [-0.39, 0.29) is 17.4 Å². The Bertz CT molecular complexity index is 632. The maximum atomic E-state index is 11.5. The summed E-state index contributed by atoms with van der Waals surface area (Å²) in [5.74, 6) is 2.54. The monoisotopic (exact) mass is 342 g/mol. The highest BCUT2D eigenvalue weighted by atomic mass is 16.3. The number of aldehydes is 1. The van der Waals surface area contributed by atoms with E-state index in [0.29, 0.717) is 29.1 Å². The summed E-state index contributed by atoms with van der Waals surface area (Å²) >= 11 is 0. The van der Waals surface area contributed by atoms with Crippen LogP contribution >= 0.6 is 0 Å². The van der Waals surface area contributed by atoms with Crippen molar-refractivity contribution in [2.45, 2.75) is 72.3 Å². The molecule has 0 aromatic carbocycles. The van der Waals surface area contributed by atoms with Crippen molar-refractivity contribution in [1.29, 1.82) is 0 Å². The molecule has 0 bridgehead atoms. The second-order valence-corrected chi connectivity index (χ2v) is 9.96. The number of hydrogen-bond donors (Lipinski definition) is 1. The summed E-state index contributed by atoms with van der Waals surface area (Å²) in [7, 11) is 0. The number of carbonyl (C=O) groups excluding carboxylic acids is 1. The van der Waals surface area contributed by atoms with Crippen LogP contribution in [0.2, 0.25) is 0 Å². The average Bonchev–Trinajstić information content (AvgIpc) is 2.93. The second-order valence-electron chi connectivity index (χ2n) is 9.96. The molecule has 0 saturated heterocycles. The van der Waals surface area contributed by atoms with Crippen LogP contribution in [-0.4, -0.2) is 17.5 Å². The van der Waals surface area contributed by atoms with Crippen molar-refractivity contribution < 1.29 is 9.90 Å². The fourth-order valence-corrected chi connectivity index (χ4v) is 7.41. The maximum absolute atomic E-state index is 11.5. The van der Waals surface area contributed by atoms with Gasteiger partial charge in [0.25, 0.3) is 0 Å². The first-order valence-corrected chi connectivity index (χ1v) is 10.4. The van der Waals surface area contributed by atoms with Crippen LogP contribution in [0.1, 0.15) is 66.2 Å². The molecule has 138 valence electrons. The molecule has 0 amide bonds. The Morgan fingerprint density at radius 2 is 1.96 bits per heavy atom. The SMILES string of the molecule is CC(C=O)C1CCC2C3=CC=C4CC(O)C[C@H](C)C4(C)C3CCC21C. The lowest BCUT2D eigenvalue weighted by molar-refractivity contribution is -0.113. The Labute approximate surface area is 152 Å². The number of carbonyl (C=O) groups is 1. The predicted octanol–water partition coefficient (Wildman–Crippen LogP) is 4.93. The summed E-state index contributed by atoms with van der Waals surface area (Å²) in [6.07, 6.45) is 12.5. The van der Waals surface area contributed by atoms with Gasteiger partial charge in [-0.15, -0.1) is 0 Å². The number of fused-ring (bicyclic) bond motifs is 5. The zero-order chi connectivity index (χ0) is 18.0. The van der Waals surface area contributed by atoms with Gasteiger partial charge in [0.2, 0.25) is 0 Å². The molecule has 4 rings (SSSR count). The third-order valence-corrected chi connectivity index (χ3v) is 9.03. The van der Waals surface area contributed by atoms with Crippen LogP contribution in [0.15, 0.2) is 23.3 Å². The van der Waals surface area contributed by atoms with Crippen molar-refractivity contribution in [3.63, 3.8) is 0 Å². The van der Waals surface area contributed by atoms with E-state index >= 15 is 0 Å². The van der Waals surface area contributed by atoms with Gasteiger partial charge in [-0.2, -0.15) is 0 Å². The van der Waals surface area contributed by atoms with Gasteiger partial charge >= 0.3 is 0 Å². The largest absolute Gasteiger partial charge is 0.393 e. The molecule has 0 spiro atoms. The molecule has 4 aliphatic carbocycles. The molecule has 4 aliphatic rings. The zero-order valence-electron chi connectivity index (χ0n) is 16.3. The van der Waals surface area contributed by atoms with Gasteiger partial charge in [-0.1, -0.05) is 51.0 Å². The number of aliphatic hydroxyl groups is 1. The molecular weight excluding hydrogens is 308 g/mol. The van der Waals surface area contributed by atoms with E-state index in [4.69, 9.17) is 0 Å². The molecule has 7 unspecified atom stereocenters. The summed E-state index contributed by atoms with van der Waals surface area (Å²) in [4.78, 5) is 11.5. The second kappa shape index (κ2) is 5.81. The highest BCUT2D eigenvalue weighted by Crippen LogP contribution is 2.66. The van der Waals surface area contributed by atoms with Crippen LogP contribution in [0.25, 0.3) is 0 Å². The first-order chi connectivity index (χ1) is 11.8. The number of rotatable bonds is 2. The molecule has 8 atom stereocenters. The molecule has 0 aromatic heterocycles. The number of allylic oxidation sites excluding steroid dienone is 3. The van der Waals surface area contributed by atoms with Gasteiger partial charge in [-0.05, 0) is 73.0 Å². The third-order valence-electron chi connectivity index (χ3n) is 9.03. The summed E-state index contributed by atoms with van der Waals surface area (Å²) in [5.41, 5.74) is 3.66. The van der Waals surface area contributed by atoms with E-state index < -0.39 is 0 Å². The molecule has 3 fully saturated rings. The summed E-state index contributed by atoms with van der Waals surface area (Å²) < 4.78 is 0. The van der Waals surface area contributed by atoms with Crippen LogP contribution in [-0.2, 0) is 4.79 Å². The fourth-order valence-electron chi connectivity index (χ4n) is 7.41. The van der Waals surface area contributed by atoms with Gasteiger partial charge in [-0.25, -0.2) is 0 Å². The topological polar surface area (TPSA) is 37.3 Å². The number of hydrogen-bond acceptors (Lipinski definition) is 2. The molecular formula is C23H34O2. The predicted molar refractivity (Wildman–Crippen MR) is 101 cm³/mol. The lowest BCUT2D eigenvalue weighted by Crippen LogP contribution is -2.49. The highest BCUT2D eigenvalue weighted by Gasteiger charge is 2.58. The quantitative estimate of drug-likeness (QED) is 0.723. The van der Waals surface area contributed by atoms with Crippen molar-refractivity contribution in [3.05, 3.63) is 23.3 Å². The van der Waals surface area contributed by atoms with Crippen molar-refractivity contribution in [3.8, 4) is 0 Å². The summed E-state index contributed by atoms with van der Waals surface area (Å²) in [5, 5.41) is 10.2. The lowest BCUT2D eigenvalue weighted by Gasteiger charge is -2.57. The fraction of sp³-hybridized carbons (Fsp3) is 0.783. The Morgan fingerprint density at radius 3 is 2.68 bits per heavy atom. The molecule has 0 heterocycles. The van der Waals surface area contributed by atoms with E-state index in [9.17, 15) is 9.90 Å². The van der Waals surface area contributed by atoms with Gasteiger partial charge in [0, 0.05) is 5.92 Å². The maximum Gasteiger partial charge on any atom is 0.123 e. The van der Waals surface area contributed by atoms with E-state index in [1.807, 2.05) is 0 Å². The van der Waals surface area contributed by atoms with Crippen molar-refractivity contribution in [2.24, 2.45) is 40.4 Å². The van der Waals surface area contributed by atoms with Crippen molar-refractivity contribution >= 4 is 6.29 Å². The van der Waals surface area contributed by atoms with E-state index in [1.165, 1.54) is 37.5 Å². The normalized spacial score (nSPS) is 50.0. The van der Waals surface area contributed by atoms with E-state index in [1.54, 1.807) is 5.57 Å². The Balaban J connectivity index is 1.72. The van der Waals surface area contributed by atoms with Gasteiger partial charge in [0.15, 0.2) is 0 Å². The van der Waals surface area contributed by atoms with Gasteiger partial charge in [0.1, 0.15) is 6.29 Å². The highest BCUT2D eigenvalue weighted by molar-refractivity contribution is 5.54. The van der Waals surface area contributed by atoms with Crippen LogP contribution in [0.5, 0.6) is 0 Å². The number of aliphatic hydroxyl groups excluding tert-OH is 1. The van der Waals surface area contributed by atoms with Crippen LogP contribution in [0.3, 0.4) is 0 Å². The van der Waals surface area contributed by atoms with Crippen LogP contribution in [0, 0.1) is 40.4 Å². The van der Waals surface area contributed by atoms with Gasteiger partial charge < -0.3 is 9.90 Å². The smallest absolute Gasteiger partial charge is 0.123 e. The zero-order valence-corrected chi connectivity index (χ0v) is 16.3. The Kier molecular flexibility index (Phi) is 4.07. The molecule has 0 aromatic rings. The standard InChI is InChI=1S/C23H34O2/c1-14(13-24)19-7-8-20-18-6-5-16-12-17(25)11-15(2)23(16,4)21(18)9-10-22(19,20)3/h5-6,13-15,17,19-21,25H,7-12H2,1-4H3/t14?,15-,17?,19?,20?,21?,22?,23?/m0/s1.